The van der Waals surface area contributed by atoms with Crippen LogP contribution in [0.4, 0.5) is 10.1 Å². The summed E-state index contributed by atoms with van der Waals surface area (Å²) in [4.78, 5) is 7.36. The molecule has 6 heteroatoms. The Morgan fingerprint density at radius 1 is 1.43 bits per heavy atom. The number of nitrogens with one attached hydrogen (secondary N) is 2. The van der Waals surface area contributed by atoms with Gasteiger partial charge in [0.25, 0.3) is 0 Å². The van der Waals surface area contributed by atoms with Crippen molar-refractivity contribution in [3.05, 3.63) is 36.4 Å². The van der Waals surface area contributed by atoms with Gasteiger partial charge in [-0.15, -0.1) is 0 Å². The molecule has 0 spiro atoms. The van der Waals surface area contributed by atoms with Crippen LogP contribution in [0.3, 0.4) is 0 Å². The van der Waals surface area contributed by atoms with Crippen molar-refractivity contribution in [3.63, 3.8) is 0 Å². The molecule has 0 aliphatic heterocycles. The lowest BCUT2D eigenvalue weighted by atomic mass is 10.4. The maximum atomic E-state index is 12.6. The number of rotatable bonds is 3. The van der Waals surface area contributed by atoms with E-state index in [2.05, 4.69) is 25.5 Å². The van der Waals surface area contributed by atoms with Gasteiger partial charge in [0.1, 0.15) is 12.2 Å². The molecule has 2 N–H and O–H groups in total. The number of hydrogen-bond acceptors (Lipinski definition) is 4. The molecule has 0 saturated carbocycles. The van der Waals surface area contributed by atoms with Gasteiger partial charge in [-0.2, -0.15) is 9.49 Å². The Balaban J connectivity index is 1.98. The van der Waals surface area contributed by atoms with E-state index in [0.717, 1.165) is 0 Å². The molecule has 2 aromatic heterocycles. The Morgan fingerprint density at radius 2 is 2.36 bits per heavy atom. The van der Waals surface area contributed by atoms with E-state index in [1.54, 1.807) is 6.07 Å². The Labute approximate surface area is 79.4 Å². The van der Waals surface area contributed by atoms with Crippen LogP contribution in [0, 0.1) is 5.95 Å². The minimum Gasteiger partial charge on any atom is -0.378 e. The van der Waals surface area contributed by atoms with Gasteiger partial charge in [0.05, 0.1) is 6.54 Å². The Hall–Kier alpha value is -1.98. The van der Waals surface area contributed by atoms with Gasteiger partial charge in [0.15, 0.2) is 0 Å². The largest absolute Gasteiger partial charge is 0.378 e. The molecule has 0 saturated heterocycles. The summed E-state index contributed by atoms with van der Waals surface area (Å²) < 4.78 is 12.6. The van der Waals surface area contributed by atoms with Crippen molar-refractivity contribution in [1.29, 1.82) is 0 Å². The number of nitrogens with zero attached hydrogens (tertiary/aromatic N) is 3. The van der Waals surface area contributed by atoms with E-state index in [-0.39, 0.29) is 0 Å². The molecule has 5 nitrogen and oxygen atoms in total. The number of anilines is 1. The summed E-state index contributed by atoms with van der Waals surface area (Å²) in [7, 11) is 0. The van der Waals surface area contributed by atoms with E-state index in [1.165, 1.54) is 18.6 Å². The molecule has 14 heavy (non-hydrogen) atoms. The van der Waals surface area contributed by atoms with Gasteiger partial charge >= 0.3 is 0 Å². The second-order valence-electron chi connectivity index (χ2n) is 2.65. The molecule has 0 aromatic carbocycles. The molecule has 0 amide bonds. The third-order valence-corrected chi connectivity index (χ3v) is 1.65. The van der Waals surface area contributed by atoms with Crippen molar-refractivity contribution < 1.29 is 4.39 Å². The number of pyridine rings is 1. The zero-order chi connectivity index (χ0) is 9.80. The Bertz CT molecular complexity index is 400. The van der Waals surface area contributed by atoms with Crippen LogP contribution in [0.5, 0.6) is 0 Å². The summed E-state index contributed by atoms with van der Waals surface area (Å²) in [6.45, 7) is 0.476. The van der Waals surface area contributed by atoms with E-state index in [9.17, 15) is 4.39 Å². The molecule has 0 radical (unpaired) electrons. The maximum Gasteiger partial charge on any atom is 0.214 e. The second kappa shape index (κ2) is 3.82. The molecular weight excluding hydrogens is 185 g/mol. The lowest BCUT2D eigenvalue weighted by Gasteiger charge is -2.02. The molecule has 72 valence electrons. The van der Waals surface area contributed by atoms with Gasteiger partial charge in [0, 0.05) is 18.0 Å². The van der Waals surface area contributed by atoms with Crippen LogP contribution in [0.25, 0.3) is 0 Å². The van der Waals surface area contributed by atoms with Gasteiger partial charge in [0.2, 0.25) is 5.95 Å². The maximum absolute atomic E-state index is 12.6. The summed E-state index contributed by atoms with van der Waals surface area (Å²) >= 11 is 0. The predicted molar refractivity (Wildman–Crippen MR) is 47.9 cm³/mol. The number of aromatic amines is 1. The van der Waals surface area contributed by atoms with E-state index in [1.807, 2.05) is 0 Å². The first-order valence-corrected chi connectivity index (χ1v) is 4.04. The zero-order valence-electron chi connectivity index (χ0n) is 7.24. The van der Waals surface area contributed by atoms with Crippen LogP contribution in [0.15, 0.2) is 24.7 Å². The van der Waals surface area contributed by atoms with Gasteiger partial charge < -0.3 is 5.32 Å². The van der Waals surface area contributed by atoms with Crippen molar-refractivity contribution in [3.8, 4) is 0 Å². The van der Waals surface area contributed by atoms with Gasteiger partial charge in [-0.1, -0.05) is 0 Å². The van der Waals surface area contributed by atoms with Gasteiger partial charge in [-0.05, 0) is 6.07 Å². The Morgan fingerprint density at radius 3 is 3.07 bits per heavy atom. The van der Waals surface area contributed by atoms with Crippen molar-refractivity contribution in [2.24, 2.45) is 0 Å². The minimum atomic E-state index is -0.507. The van der Waals surface area contributed by atoms with E-state index in [4.69, 9.17) is 0 Å². The predicted octanol–water partition coefficient (Wildman–Crippen LogP) is 0.951. The van der Waals surface area contributed by atoms with Crippen molar-refractivity contribution >= 4 is 5.69 Å². The van der Waals surface area contributed by atoms with Crippen LogP contribution >= 0.6 is 0 Å². The molecule has 0 atom stereocenters. The van der Waals surface area contributed by atoms with Crippen LogP contribution in [-0.2, 0) is 6.54 Å². The van der Waals surface area contributed by atoms with Crippen LogP contribution in [0.2, 0.25) is 0 Å². The van der Waals surface area contributed by atoms with E-state index in [0.29, 0.717) is 18.1 Å². The fourth-order valence-corrected chi connectivity index (χ4v) is 1.01. The first-order valence-electron chi connectivity index (χ1n) is 4.04. The zero-order valence-corrected chi connectivity index (χ0v) is 7.24. The molecule has 2 heterocycles. The molecule has 2 aromatic rings. The van der Waals surface area contributed by atoms with E-state index < -0.39 is 5.95 Å². The monoisotopic (exact) mass is 193 g/mol. The summed E-state index contributed by atoms with van der Waals surface area (Å²) in [6, 6.07) is 3.00. The number of H-pyrrole nitrogens is 1. The van der Waals surface area contributed by atoms with Gasteiger partial charge in [-0.3, -0.25) is 5.10 Å². The summed E-state index contributed by atoms with van der Waals surface area (Å²) in [5, 5.41) is 9.35. The SMILES string of the molecule is Fc1cc(NCc2ncn[nH]2)ccn1. The summed E-state index contributed by atoms with van der Waals surface area (Å²) in [6.07, 6.45) is 2.82. The van der Waals surface area contributed by atoms with Gasteiger partial charge in [-0.25, -0.2) is 9.97 Å². The molecular formula is C8H8FN5. The van der Waals surface area contributed by atoms with Crippen LogP contribution in [0.1, 0.15) is 5.82 Å². The smallest absolute Gasteiger partial charge is 0.214 e. The normalized spacial score (nSPS) is 10.1. The third kappa shape index (κ3) is 2.03. The highest BCUT2D eigenvalue weighted by Gasteiger charge is 1.97. The number of hydrogen-bond donors (Lipinski definition) is 2. The van der Waals surface area contributed by atoms with E-state index >= 15 is 0 Å². The summed E-state index contributed by atoms with van der Waals surface area (Å²) in [5.74, 6) is 0.190. The molecule has 0 bridgehead atoms. The Kier molecular flexibility index (Phi) is 2.35. The molecule has 0 unspecified atom stereocenters. The molecule has 0 aliphatic rings. The molecule has 2 rings (SSSR count). The van der Waals surface area contributed by atoms with Crippen molar-refractivity contribution in [2.75, 3.05) is 5.32 Å². The first-order chi connectivity index (χ1) is 6.84. The standard InChI is InChI=1S/C8H8FN5/c9-7-3-6(1-2-10-7)11-4-8-12-5-13-14-8/h1-3,5H,4H2,(H,10,11)(H,12,13,14). The third-order valence-electron chi connectivity index (χ3n) is 1.65. The lowest BCUT2D eigenvalue weighted by Crippen LogP contribution is -2.01. The highest BCUT2D eigenvalue weighted by molar-refractivity contribution is 5.41. The van der Waals surface area contributed by atoms with Crippen molar-refractivity contribution in [2.45, 2.75) is 6.54 Å². The quantitative estimate of drug-likeness (QED) is 0.712. The van der Waals surface area contributed by atoms with Crippen molar-refractivity contribution in [1.82, 2.24) is 20.2 Å². The topological polar surface area (TPSA) is 66.5 Å². The lowest BCUT2D eigenvalue weighted by molar-refractivity contribution is 0.584. The summed E-state index contributed by atoms with van der Waals surface area (Å²) in [5.41, 5.74) is 0.661. The number of halogens is 1. The minimum absolute atomic E-state index is 0.476. The fraction of sp³-hybridized carbons (Fsp3) is 0.125. The van der Waals surface area contributed by atoms with Crippen LogP contribution < -0.4 is 5.32 Å². The average molecular weight is 193 g/mol. The average Bonchev–Trinajstić information content (AvgIpc) is 2.67. The van der Waals surface area contributed by atoms with Crippen LogP contribution in [-0.4, -0.2) is 20.2 Å². The number of aromatic nitrogens is 4. The second-order valence-corrected chi connectivity index (χ2v) is 2.65. The molecule has 0 aliphatic carbocycles. The highest BCUT2D eigenvalue weighted by atomic mass is 19.1. The fourth-order valence-electron chi connectivity index (χ4n) is 1.01. The molecule has 0 fully saturated rings. The first kappa shape index (κ1) is 8.61. The highest BCUT2D eigenvalue weighted by Crippen LogP contribution is 2.07.